The Kier molecular flexibility index (Phi) is 5.46. The lowest BCUT2D eigenvalue weighted by Gasteiger charge is -2.26. The van der Waals surface area contributed by atoms with Crippen molar-refractivity contribution < 1.29 is 19.1 Å². The summed E-state index contributed by atoms with van der Waals surface area (Å²) < 4.78 is 11.0. The molecule has 2 aliphatic rings. The third-order valence-electron chi connectivity index (χ3n) is 5.07. The Morgan fingerprint density at radius 2 is 1.68 bits per heavy atom. The van der Waals surface area contributed by atoms with Crippen molar-refractivity contribution in [2.45, 2.75) is 25.8 Å². The molecule has 1 saturated heterocycles. The molecule has 1 fully saturated rings. The molecular formula is C22H24N2O4. The first-order valence-corrected chi connectivity index (χ1v) is 9.77. The highest BCUT2D eigenvalue weighted by atomic mass is 16.6. The number of hydrogen-bond donors (Lipinski definition) is 1. The van der Waals surface area contributed by atoms with E-state index < -0.39 is 0 Å². The van der Waals surface area contributed by atoms with Gasteiger partial charge in [0, 0.05) is 30.8 Å². The maximum atomic E-state index is 12.7. The van der Waals surface area contributed by atoms with Gasteiger partial charge >= 0.3 is 0 Å². The largest absolute Gasteiger partial charge is 0.486 e. The standard InChI is InChI=1S/C22H24N2O4/c25-21(17-7-8-19-20(14-17)28-12-11-27-19)23-15-16-5-4-6-18(13-16)22(26)24-9-2-1-3-10-24/h4-8,13-14H,1-3,9-12,15H2,(H,23,25). The Morgan fingerprint density at radius 3 is 2.50 bits per heavy atom. The van der Waals surface area contributed by atoms with E-state index in [0.29, 0.717) is 42.4 Å². The number of benzene rings is 2. The fourth-order valence-electron chi connectivity index (χ4n) is 3.56. The van der Waals surface area contributed by atoms with Crippen LogP contribution in [0, 0.1) is 0 Å². The predicted molar refractivity (Wildman–Crippen MR) is 105 cm³/mol. The molecule has 2 aliphatic heterocycles. The van der Waals surface area contributed by atoms with Gasteiger partial charge in [0.05, 0.1) is 0 Å². The number of ether oxygens (including phenoxy) is 2. The van der Waals surface area contributed by atoms with Gasteiger partial charge in [-0.05, 0) is 55.2 Å². The fraction of sp³-hybridized carbons (Fsp3) is 0.364. The number of rotatable bonds is 4. The van der Waals surface area contributed by atoms with E-state index >= 15 is 0 Å². The summed E-state index contributed by atoms with van der Waals surface area (Å²) in [5.74, 6) is 1.13. The Balaban J connectivity index is 1.39. The normalized spacial score (nSPS) is 15.8. The molecule has 0 aromatic heterocycles. The van der Waals surface area contributed by atoms with Crippen LogP contribution in [0.5, 0.6) is 11.5 Å². The van der Waals surface area contributed by atoms with Crippen LogP contribution in [0.15, 0.2) is 42.5 Å². The molecule has 4 rings (SSSR count). The predicted octanol–water partition coefficient (Wildman–Crippen LogP) is 3.01. The Hall–Kier alpha value is -3.02. The van der Waals surface area contributed by atoms with Crippen molar-refractivity contribution in [3.05, 3.63) is 59.2 Å². The summed E-state index contributed by atoms with van der Waals surface area (Å²) in [6.07, 6.45) is 3.32. The molecule has 0 bridgehead atoms. The van der Waals surface area contributed by atoms with Gasteiger partial charge in [0.15, 0.2) is 11.5 Å². The van der Waals surface area contributed by atoms with E-state index in [-0.39, 0.29) is 11.8 Å². The Bertz CT molecular complexity index is 875. The summed E-state index contributed by atoms with van der Waals surface area (Å²) in [6.45, 7) is 3.00. The number of carbonyl (C=O) groups excluding carboxylic acids is 2. The zero-order chi connectivity index (χ0) is 19.3. The zero-order valence-electron chi connectivity index (χ0n) is 15.8. The van der Waals surface area contributed by atoms with Crippen molar-refractivity contribution in [3.63, 3.8) is 0 Å². The number of nitrogens with one attached hydrogen (secondary N) is 1. The second-order valence-corrected chi connectivity index (χ2v) is 7.09. The maximum absolute atomic E-state index is 12.7. The molecule has 2 aromatic carbocycles. The van der Waals surface area contributed by atoms with Crippen LogP contribution in [0.2, 0.25) is 0 Å². The van der Waals surface area contributed by atoms with Crippen LogP contribution in [0.3, 0.4) is 0 Å². The molecule has 6 heteroatoms. The molecule has 2 heterocycles. The van der Waals surface area contributed by atoms with E-state index in [1.165, 1.54) is 6.42 Å². The Labute approximate surface area is 164 Å². The minimum absolute atomic E-state index is 0.0692. The van der Waals surface area contributed by atoms with Crippen LogP contribution in [0.4, 0.5) is 0 Å². The first-order chi connectivity index (χ1) is 13.7. The lowest BCUT2D eigenvalue weighted by molar-refractivity contribution is 0.0724. The molecule has 2 aromatic rings. The van der Waals surface area contributed by atoms with Gasteiger partial charge < -0.3 is 19.7 Å². The minimum atomic E-state index is -0.190. The molecule has 146 valence electrons. The van der Waals surface area contributed by atoms with Crippen molar-refractivity contribution in [1.82, 2.24) is 10.2 Å². The van der Waals surface area contributed by atoms with Crippen LogP contribution >= 0.6 is 0 Å². The van der Waals surface area contributed by atoms with Crippen molar-refractivity contribution in [3.8, 4) is 11.5 Å². The van der Waals surface area contributed by atoms with Gasteiger partial charge in [0.2, 0.25) is 0 Å². The topological polar surface area (TPSA) is 67.9 Å². The lowest BCUT2D eigenvalue weighted by atomic mass is 10.1. The van der Waals surface area contributed by atoms with Crippen molar-refractivity contribution in [2.24, 2.45) is 0 Å². The van der Waals surface area contributed by atoms with Gasteiger partial charge in [0.25, 0.3) is 11.8 Å². The average molecular weight is 380 g/mol. The number of hydrogen-bond acceptors (Lipinski definition) is 4. The summed E-state index contributed by atoms with van der Waals surface area (Å²) in [5.41, 5.74) is 2.09. The van der Waals surface area contributed by atoms with E-state index in [4.69, 9.17) is 9.47 Å². The lowest BCUT2D eigenvalue weighted by Crippen LogP contribution is -2.35. The fourth-order valence-corrected chi connectivity index (χ4v) is 3.56. The van der Waals surface area contributed by atoms with E-state index in [2.05, 4.69) is 5.32 Å². The molecule has 0 atom stereocenters. The van der Waals surface area contributed by atoms with Crippen molar-refractivity contribution in [1.29, 1.82) is 0 Å². The van der Waals surface area contributed by atoms with Crippen LogP contribution in [-0.4, -0.2) is 43.0 Å². The van der Waals surface area contributed by atoms with Gasteiger partial charge in [-0.1, -0.05) is 12.1 Å². The summed E-state index contributed by atoms with van der Waals surface area (Å²) in [5, 5.41) is 2.91. The second-order valence-electron chi connectivity index (χ2n) is 7.09. The molecule has 0 saturated carbocycles. The van der Waals surface area contributed by atoms with Crippen molar-refractivity contribution in [2.75, 3.05) is 26.3 Å². The summed E-state index contributed by atoms with van der Waals surface area (Å²) in [7, 11) is 0. The Morgan fingerprint density at radius 1 is 0.893 bits per heavy atom. The number of piperidine rings is 1. The first kappa shape index (κ1) is 18.3. The van der Waals surface area contributed by atoms with Crippen LogP contribution in [0.25, 0.3) is 0 Å². The van der Waals surface area contributed by atoms with Gasteiger partial charge in [-0.3, -0.25) is 9.59 Å². The smallest absolute Gasteiger partial charge is 0.253 e. The van der Waals surface area contributed by atoms with E-state index in [1.807, 2.05) is 29.2 Å². The highest BCUT2D eigenvalue weighted by Gasteiger charge is 2.18. The number of amides is 2. The van der Waals surface area contributed by atoms with Crippen molar-refractivity contribution >= 4 is 11.8 Å². The quantitative estimate of drug-likeness (QED) is 0.885. The van der Waals surface area contributed by atoms with E-state index in [0.717, 1.165) is 31.5 Å². The molecule has 2 amide bonds. The van der Waals surface area contributed by atoms with Crippen LogP contribution < -0.4 is 14.8 Å². The molecule has 1 N–H and O–H groups in total. The third kappa shape index (κ3) is 4.11. The van der Waals surface area contributed by atoms with Gasteiger partial charge in [-0.15, -0.1) is 0 Å². The maximum Gasteiger partial charge on any atom is 0.253 e. The van der Waals surface area contributed by atoms with Crippen LogP contribution in [0.1, 0.15) is 45.5 Å². The highest BCUT2D eigenvalue weighted by Crippen LogP contribution is 2.30. The first-order valence-electron chi connectivity index (χ1n) is 9.77. The molecule has 28 heavy (non-hydrogen) atoms. The number of carbonyl (C=O) groups is 2. The average Bonchev–Trinajstić information content (AvgIpc) is 2.77. The third-order valence-corrected chi connectivity index (χ3v) is 5.07. The monoisotopic (exact) mass is 380 g/mol. The second kappa shape index (κ2) is 8.33. The SMILES string of the molecule is O=C(NCc1cccc(C(=O)N2CCCCC2)c1)c1ccc2c(c1)OCCO2. The summed E-state index contributed by atoms with van der Waals surface area (Å²) in [6, 6.07) is 12.6. The zero-order valence-corrected chi connectivity index (χ0v) is 15.8. The molecule has 6 nitrogen and oxygen atoms in total. The van der Waals surface area contributed by atoms with Gasteiger partial charge in [0.1, 0.15) is 13.2 Å². The van der Waals surface area contributed by atoms with E-state index in [9.17, 15) is 9.59 Å². The van der Waals surface area contributed by atoms with Gasteiger partial charge in [-0.25, -0.2) is 0 Å². The molecule has 0 unspecified atom stereocenters. The summed E-state index contributed by atoms with van der Waals surface area (Å²) in [4.78, 5) is 27.1. The molecule has 0 aliphatic carbocycles. The highest BCUT2D eigenvalue weighted by molar-refractivity contribution is 5.95. The molecular weight excluding hydrogens is 356 g/mol. The molecule has 0 spiro atoms. The molecule has 0 radical (unpaired) electrons. The number of nitrogens with zero attached hydrogens (tertiary/aromatic N) is 1. The van der Waals surface area contributed by atoms with Crippen LogP contribution in [-0.2, 0) is 6.54 Å². The minimum Gasteiger partial charge on any atom is -0.486 e. The van der Waals surface area contributed by atoms with Gasteiger partial charge in [-0.2, -0.15) is 0 Å². The number of likely N-dealkylation sites (tertiary alicyclic amines) is 1. The number of fused-ring (bicyclic) bond motifs is 1. The van der Waals surface area contributed by atoms with E-state index in [1.54, 1.807) is 18.2 Å². The summed E-state index contributed by atoms with van der Waals surface area (Å²) >= 11 is 0.